The van der Waals surface area contributed by atoms with Gasteiger partial charge in [-0.15, -0.1) is 0 Å². The maximum absolute atomic E-state index is 12.7. The van der Waals surface area contributed by atoms with Gasteiger partial charge in [-0.3, -0.25) is 9.59 Å². The quantitative estimate of drug-likeness (QED) is 0.185. The third-order valence-electron chi connectivity index (χ3n) is 7.06. The summed E-state index contributed by atoms with van der Waals surface area (Å²) in [6.07, 6.45) is -3.69. The van der Waals surface area contributed by atoms with Crippen molar-refractivity contribution in [3.63, 3.8) is 0 Å². The van der Waals surface area contributed by atoms with Crippen molar-refractivity contribution in [1.82, 2.24) is 10.6 Å². The van der Waals surface area contributed by atoms with Gasteiger partial charge >= 0.3 is 5.97 Å². The Morgan fingerprint density at radius 1 is 1.02 bits per heavy atom. The number of unbranched alkanes of at least 4 members (excludes halogenated alkanes) is 3. The first kappa shape index (κ1) is 32.2. The second-order valence-electron chi connectivity index (χ2n) is 10.3. The van der Waals surface area contributed by atoms with Gasteiger partial charge < -0.3 is 40.5 Å². The molecule has 1 saturated heterocycles. The van der Waals surface area contributed by atoms with Crippen molar-refractivity contribution in [3.05, 3.63) is 60.2 Å². The Bertz CT molecular complexity index is 1140. The first-order valence-electron chi connectivity index (χ1n) is 13.9. The Morgan fingerprint density at radius 3 is 2.29 bits per heavy atom. The molecule has 0 bridgehead atoms. The van der Waals surface area contributed by atoms with Gasteiger partial charge in [0.2, 0.25) is 5.91 Å². The van der Waals surface area contributed by atoms with Gasteiger partial charge in [0.25, 0.3) is 11.7 Å². The van der Waals surface area contributed by atoms with Crippen molar-refractivity contribution >= 4 is 17.8 Å². The molecule has 1 heterocycles. The Kier molecular flexibility index (Phi) is 11.8. The smallest absolute Gasteiger partial charge is 0.364 e. The second-order valence-corrected chi connectivity index (χ2v) is 10.3. The van der Waals surface area contributed by atoms with E-state index in [1.165, 1.54) is 6.92 Å². The SMILES string of the molecule is CCCCCCO[C@]1(C(=O)O)CC(O)[C@@H](NC(C)=O)[C@H]([C@H](O)[C@H](O)CNC(=O)c2ccc(-c3ccccc3)cc2)O1. The van der Waals surface area contributed by atoms with E-state index >= 15 is 0 Å². The molecule has 11 nitrogen and oxygen atoms in total. The van der Waals surface area contributed by atoms with E-state index in [2.05, 4.69) is 10.6 Å². The standard InChI is InChI=1S/C30H40N2O9/c1-3-4-5-9-16-40-30(29(38)39)17-23(34)25(32-19(2)33)27(41-30)26(36)24(35)18-31-28(37)22-14-12-21(13-15-22)20-10-7-6-8-11-20/h6-8,10-15,23-27,34-36H,3-5,9,16-18H2,1-2H3,(H,31,37)(H,32,33)(H,38,39)/t23?,24-,25-,26-,27-,30-/m1/s1. The number of aliphatic carboxylic acids is 1. The molecule has 0 spiro atoms. The summed E-state index contributed by atoms with van der Waals surface area (Å²) >= 11 is 0. The molecule has 0 aromatic heterocycles. The number of benzene rings is 2. The molecule has 1 fully saturated rings. The van der Waals surface area contributed by atoms with E-state index in [1.807, 2.05) is 37.3 Å². The summed E-state index contributed by atoms with van der Waals surface area (Å²) in [5, 5.41) is 47.5. The Hall–Kier alpha value is -3.35. The van der Waals surface area contributed by atoms with Crippen molar-refractivity contribution < 1.29 is 44.3 Å². The zero-order valence-electron chi connectivity index (χ0n) is 23.4. The van der Waals surface area contributed by atoms with Gasteiger partial charge in [0.1, 0.15) is 12.2 Å². The van der Waals surface area contributed by atoms with Crippen LogP contribution in [0.3, 0.4) is 0 Å². The number of carboxylic acids is 1. The van der Waals surface area contributed by atoms with Crippen LogP contribution < -0.4 is 10.6 Å². The Balaban J connectivity index is 1.69. The van der Waals surface area contributed by atoms with E-state index in [0.717, 1.165) is 30.4 Å². The number of carbonyl (C=O) groups excluding carboxylic acids is 2. The number of ether oxygens (including phenoxy) is 2. The molecule has 0 radical (unpaired) electrons. The maximum atomic E-state index is 12.7. The average molecular weight is 573 g/mol. The topological polar surface area (TPSA) is 175 Å². The fourth-order valence-corrected chi connectivity index (χ4v) is 4.80. The van der Waals surface area contributed by atoms with E-state index in [1.54, 1.807) is 24.3 Å². The predicted molar refractivity (Wildman–Crippen MR) is 150 cm³/mol. The van der Waals surface area contributed by atoms with Gasteiger partial charge in [0.15, 0.2) is 0 Å². The second kappa shape index (κ2) is 15.0. The van der Waals surface area contributed by atoms with E-state index in [9.17, 15) is 34.8 Å². The number of aliphatic hydroxyl groups excluding tert-OH is 3. The molecule has 41 heavy (non-hydrogen) atoms. The highest BCUT2D eigenvalue weighted by Gasteiger charge is 2.55. The largest absolute Gasteiger partial charge is 0.477 e. The first-order valence-corrected chi connectivity index (χ1v) is 13.9. The highest BCUT2D eigenvalue weighted by molar-refractivity contribution is 5.94. The zero-order chi connectivity index (χ0) is 30.0. The normalized spacial score (nSPS) is 23.8. The Morgan fingerprint density at radius 2 is 1.68 bits per heavy atom. The monoisotopic (exact) mass is 572 g/mol. The lowest BCUT2D eigenvalue weighted by Crippen LogP contribution is -2.68. The minimum Gasteiger partial charge on any atom is -0.477 e. The van der Waals surface area contributed by atoms with Gasteiger partial charge in [-0.2, -0.15) is 0 Å². The molecule has 0 saturated carbocycles. The van der Waals surface area contributed by atoms with Crippen molar-refractivity contribution in [1.29, 1.82) is 0 Å². The lowest BCUT2D eigenvalue weighted by atomic mass is 9.88. The van der Waals surface area contributed by atoms with Crippen LogP contribution in [0.2, 0.25) is 0 Å². The Labute approximate surface area is 239 Å². The van der Waals surface area contributed by atoms with Gasteiger partial charge in [-0.25, -0.2) is 4.79 Å². The highest BCUT2D eigenvalue weighted by atomic mass is 16.7. The molecule has 1 aliphatic rings. The van der Waals surface area contributed by atoms with E-state index in [-0.39, 0.29) is 6.61 Å². The number of carbonyl (C=O) groups is 3. The van der Waals surface area contributed by atoms with Crippen molar-refractivity contribution in [3.8, 4) is 11.1 Å². The molecule has 6 atom stereocenters. The lowest BCUT2D eigenvalue weighted by molar-refractivity contribution is -0.310. The molecular formula is C30H40N2O9. The molecule has 2 aromatic carbocycles. The molecule has 2 amide bonds. The van der Waals surface area contributed by atoms with Gasteiger partial charge in [-0.1, -0.05) is 68.7 Å². The van der Waals surface area contributed by atoms with E-state index in [4.69, 9.17) is 9.47 Å². The third-order valence-corrected chi connectivity index (χ3v) is 7.06. The number of carboxylic acid groups (broad SMARTS) is 1. The van der Waals surface area contributed by atoms with Crippen LogP contribution >= 0.6 is 0 Å². The van der Waals surface area contributed by atoms with Crippen LogP contribution in [0.15, 0.2) is 54.6 Å². The molecule has 0 aliphatic carbocycles. The summed E-state index contributed by atoms with van der Waals surface area (Å²) in [6.45, 7) is 2.85. The minimum atomic E-state index is -2.30. The first-order chi connectivity index (χ1) is 19.6. The minimum absolute atomic E-state index is 0.0360. The summed E-state index contributed by atoms with van der Waals surface area (Å²) in [7, 11) is 0. The zero-order valence-corrected chi connectivity index (χ0v) is 23.4. The molecule has 3 rings (SSSR count). The average Bonchev–Trinajstić information content (AvgIpc) is 2.96. The molecule has 6 N–H and O–H groups in total. The summed E-state index contributed by atoms with van der Waals surface area (Å²) < 4.78 is 11.3. The molecule has 11 heteroatoms. The number of nitrogens with one attached hydrogen (secondary N) is 2. The number of hydrogen-bond donors (Lipinski definition) is 6. The highest BCUT2D eigenvalue weighted by Crippen LogP contribution is 2.34. The summed E-state index contributed by atoms with van der Waals surface area (Å²) in [4.78, 5) is 36.8. The summed E-state index contributed by atoms with van der Waals surface area (Å²) in [5.41, 5.74) is 2.24. The van der Waals surface area contributed by atoms with E-state index < -0.39 is 67.0 Å². The van der Waals surface area contributed by atoms with Crippen LogP contribution in [-0.4, -0.2) is 87.6 Å². The number of amides is 2. The van der Waals surface area contributed by atoms with Crippen LogP contribution in [-0.2, 0) is 19.1 Å². The summed E-state index contributed by atoms with van der Waals surface area (Å²) in [6, 6.07) is 15.2. The van der Waals surface area contributed by atoms with E-state index in [0.29, 0.717) is 12.0 Å². The molecule has 1 aliphatic heterocycles. The fraction of sp³-hybridized carbons (Fsp3) is 0.500. The molecule has 2 aromatic rings. The summed E-state index contributed by atoms with van der Waals surface area (Å²) in [5.74, 6) is -4.86. The van der Waals surface area contributed by atoms with Gasteiger partial charge in [0.05, 0.1) is 24.9 Å². The number of aliphatic hydroxyl groups is 3. The van der Waals surface area contributed by atoms with Crippen LogP contribution in [0.4, 0.5) is 0 Å². The number of rotatable bonds is 14. The molecule has 224 valence electrons. The van der Waals surface area contributed by atoms with Gasteiger partial charge in [-0.05, 0) is 29.7 Å². The van der Waals surface area contributed by atoms with Crippen LogP contribution in [0.1, 0.15) is 56.3 Å². The van der Waals surface area contributed by atoms with Crippen LogP contribution in [0, 0.1) is 0 Å². The number of hydrogen-bond acceptors (Lipinski definition) is 8. The maximum Gasteiger partial charge on any atom is 0.364 e. The van der Waals surface area contributed by atoms with Crippen LogP contribution in [0.25, 0.3) is 11.1 Å². The van der Waals surface area contributed by atoms with Crippen molar-refractivity contribution in [2.45, 2.75) is 82.2 Å². The third kappa shape index (κ3) is 8.57. The lowest BCUT2D eigenvalue weighted by Gasteiger charge is -2.46. The molecule has 1 unspecified atom stereocenters. The van der Waals surface area contributed by atoms with Crippen molar-refractivity contribution in [2.24, 2.45) is 0 Å². The fourth-order valence-electron chi connectivity index (χ4n) is 4.80. The van der Waals surface area contributed by atoms with Gasteiger partial charge in [0, 0.05) is 25.5 Å². The molecular weight excluding hydrogens is 532 g/mol. The van der Waals surface area contributed by atoms with Crippen molar-refractivity contribution in [2.75, 3.05) is 13.2 Å². The predicted octanol–water partition coefficient (Wildman–Crippen LogP) is 1.84. The van der Waals surface area contributed by atoms with Crippen LogP contribution in [0.5, 0.6) is 0 Å².